The molecule has 3 unspecified atom stereocenters. The first-order valence-corrected chi connectivity index (χ1v) is 6.61. The van der Waals surface area contributed by atoms with E-state index in [0.717, 1.165) is 13.1 Å². The molecule has 4 nitrogen and oxygen atoms in total. The molecule has 17 heavy (non-hydrogen) atoms. The summed E-state index contributed by atoms with van der Waals surface area (Å²) in [6.45, 7) is 5.26. The van der Waals surface area contributed by atoms with Gasteiger partial charge in [-0.25, -0.2) is 0 Å². The molecule has 0 aromatic carbocycles. The highest BCUT2D eigenvalue weighted by molar-refractivity contribution is 5.84. The number of nitrogens with one attached hydrogen (secondary N) is 1. The molecular weight excluding hydrogens is 216 g/mol. The summed E-state index contributed by atoms with van der Waals surface area (Å²) in [5.41, 5.74) is 5.03. The van der Waals surface area contributed by atoms with Gasteiger partial charge in [-0.1, -0.05) is 13.3 Å². The fourth-order valence-corrected chi connectivity index (χ4v) is 2.50. The van der Waals surface area contributed by atoms with E-state index in [-0.39, 0.29) is 5.91 Å². The van der Waals surface area contributed by atoms with Gasteiger partial charge in [-0.2, -0.15) is 0 Å². The van der Waals surface area contributed by atoms with Crippen LogP contribution in [-0.2, 0) is 9.53 Å². The second kappa shape index (κ2) is 6.36. The molecule has 0 spiro atoms. The number of nitrogens with two attached hydrogens (primary N) is 1. The topological polar surface area (TPSA) is 64.3 Å². The molecule has 1 aliphatic rings. The van der Waals surface area contributed by atoms with Gasteiger partial charge in [0.25, 0.3) is 5.91 Å². The maximum Gasteiger partial charge on any atom is 0.251 e. The predicted octanol–water partition coefficient (Wildman–Crippen LogP) is 1.29. The van der Waals surface area contributed by atoms with Gasteiger partial charge in [0.1, 0.15) is 5.60 Å². The summed E-state index contributed by atoms with van der Waals surface area (Å²) < 4.78 is 5.28. The van der Waals surface area contributed by atoms with E-state index in [1.807, 2.05) is 13.8 Å². The number of ether oxygens (including phenoxy) is 1. The van der Waals surface area contributed by atoms with Crippen molar-refractivity contribution in [2.45, 2.75) is 45.1 Å². The first kappa shape index (κ1) is 14.5. The van der Waals surface area contributed by atoms with Crippen LogP contribution in [-0.4, -0.2) is 31.7 Å². The average Bonchev–Trinajstić information content (AvgIpc) is 2.82. The lowest BCUT2D eigenvalue weighted by Crippen LogP contribution is -2.47. The minimum absolute atomic E-state index is 0.00910. The van der Waals surface area contributed by atoms with Crippen molar-refractivity contribution in [3.05, 3.63) is 0 Å². The molecule has 0 saturated heterocycles. The molecule has 0 aromatic rings. The first-order chi connectivity index (χ1) is 8.07. The summed E-state index contributed by atoms with van der Waals surface area (Å²) in [5.74, 6) is 1.11. The van der Waals surface area contributed by atoms with Crippen LogP contribution in [0.2, 0.25) is 0 Å². The zero-order valence-corrected chi connectivity index (χ0v) is 11.3. The second-order valence-corrected chi connectivity index (χ2v) is 5.19. The molecule has 0 heterocycles. The van der Waals surface area contributed by atoms with Crippen molar-refractivity contribution in [3.63, 3.8) is 0 Å². The van der Waals surface area contributed by atoms with Crippen molar-refractivity contribution in [2.75, 3.05) is 20.2 Å². The number of amides is 1. The third-order valence-corrected chi connectivity index (χ3v) is 4.25. The van der Waals surface area contributed by atoms with Crippen LogP contribution in [0.5, 0.6) is 0 Å². The standard InChI is InChI=1S/C13H26N2O2/c1-4-13(2,17-3)12(16)15-9-11-7-5-6-10(11)8-14/h10-11H,4-9,14H2,1-3H3,(H,15,16). The molecule has 0 bridgehead atoms. The van der Waals surface area contributed by atoms with E-state index in [2.05, 4.69) is 5.32 Å². The normalized spacial score (nSPS) is 27.8. The number of hydrogen-bond acceptors (Lipinski definition) is 3. The Kier molecular flexibility index (Phi) is 5.40. The molecule has 1 fully saturated rings. The molecule has 1 aliphatic carbocycles. The zero-order chi connectivity index (χ0) is 12.9. The number of hydrogen-bond donors (Lipinski definition) is 2. The Bertz CT molecular complexity index is 252. The predicted molar refractivity (Wildman–Crippen MR) is 68.6 cm³/mol. The summed E-state index contributed by atoms with van der Waals surface area (Å²) in [7, 11) is 1.58. The molecule has 1 saturated carbocycles. The Balaban J connectivity index is 2.42. The van der Waals surface area contributed by atoms with Crippen LogP contribution in [0.15, 0.2) is 0 Å². The quantitative estimate of drug-likeness (QED) is 0.737. The molecule has 1 amide bonds. The largest absolute Gasteiger partial charge is 0.369 e. The van der Waals surface area contributed by atoms with Crippen molar-refractivity contribution in [3.8, 4) is 0 Å². The highest BCUT2D eigenvalue weighted by atomic mass is 16.5. The van der Waals surface area contributed by atoms with Crippen LogP contribution in [0.3, 0.4) is 0 Å². The van der Waals surface area contributed by atoms with E-state index in [1.165, 1.54) is 19.3 Å². The lowest BCUT2D eigenvalue weighted by Gasteiger charge is -2.27. The van der Waals surface area contributed by atoms with Gasteiger partial charge in [0.15, 0.2) is 0 Å². The third kappa shape index (κ3) is 3.42. The molecule has 3 N–H and O–H groups in total. The monoisotopic (exact) mass is 242 g/mol. The minimum atomic E-state index is -0.698. The first-order valence-electron chi connectivity index (χ1n) is 6.61. The van der Waals surface area contributed by atoms with E-state index < -0.39 is 5.60 Å². The summed E-state index contributed by atoms with van der Waals surface area (Å²) in [6, 6.07) is 0. The highest BCUT2D eigenvalue weighted by Gasteiger charge is 2.32. The molecule has 100 valence electrons. The molecule has 0 aromatic heterocycles. The third-order valence-electron chi connectivity index (χ3n) is 4.25. The van der Waals surface area contributed by atoms with Crippen molar-refractivity contribution < 1.29 is 9.53 Å². The SMILES string of the molecule is CCC(C)(OC)C(=O)NCC1CCCC1CN. The molecule has 0 aliphatic heterocycles. The maximum atomic E-state index is 12.0. The fourth-order valence-electron chi connectivity index (χ4n) is 2.50. The number of rotatable bonds is 6. The average molecular weight is 242 g/mol. The Labute approximate surface area is 104 Å². The Morgan fingerprint density at radius 1 is 1.47 bits per heavy atom. The van der Waals surface area contributed by atoms with Crippen LogP contribution in [0, 0.1) is 11.8 Å². The lowest BCUT2D eigenvalue weighted by molar-refractivity contribution is -0.142. The minimum Gasteiger partial charge on any atom is -0.369 e. The van der Waals surface area contributed by atoms with Gasteiger partial charge in [0.05, 0.1) is 0 Å². The van der Waals surface area contributed by atoms with Crippen LogP contribution >= 0.6 is 0 Å². The summed E-state index contributed by atoms with van der Waals surface area (Å²) in [4.78, 5) is 12.0. The van der Waals surface area contributed by atoms with Gasteiger partial charge in [-0.05, 0) is 44.6 Å². The van der Waals surface area contributed by atoms with Crippen LogP contribution in [0.1, 0.15) is 39.5 Å². The molecule has 1 rings (SSSR count). The van der Waals surface area contributed by atoms with E-state index in [0.29, 0.717) is 18.3 Å². The zero-order valence-electron chi connectivity index (χ0n) is 11.3. The summed E-state index contributed by atoms with van der Waals surface area (Å²) in [5, 5.41) is 3.01. The number of carbonyl (C=O) groups excluding carboxylic acids is 1. The smallest absolute Gasteiger partial charge is 0.251 e. The molecule has 4 heteroatoms. The van der Waals surface area contributed by atoms with Gasteiger partial charge in [-0.3, -0.25) is 4.79 Å². The van der Waals surface area contributed by atoms with Crippen molar-refractivity contribution in [1.29, 1.82) is 0 Å². The van der Waals surface area contributed by atoms with E-state index >= 15 is 0 Å². The van der Waals surface area contributed by atoms with Gasteiger partial charge in [0, 0.05) is 13.7 Å². The lowest BCUT2D eigenvalue weighted by atomic mass is 9.95. The van der Waals surface area contributed by atoms with E-state index in [9.17, 15) is 4.79 Å². The summed E-state index contributed by atoms with van der Waals surface area (Å²) >= 11 is 0. The Morgan fingerprint density at radius 2 is 2.12 bits per heavy atom. The maximum absolute atomic E-state index is 12.0. The molecule has 3 atom stereocenters. The van der Waals surface area contributed by atoms with E-state index in [1.54, 1.807) is 7.11 Å². The number of carbonyl (C=O) groups is 1. The van der Waals surface area contributed by atoms with Crippen molar-refractivity contribution in [1.82, 2.24) is 5.32 Å². The number of methoxy groups -OCH3 is 1. The van der Waals surface area contributed by atoms with Gasteiger partial charge >= 0.3 is 0 Å². The Hall–Kier alpha value is -0.610. The second-order valence-electron chi connectivity index (χ2n) is 5.19. The van der Waals surface area contributed by atoms with Crippen LogP contribution in [0.4, 0.5) is 0 Å². The van der Waals surface area contributed by atoms with Gasteiger partial charge in [-0.15, -0.1) is 0 Å². The van der Waals surface area contributed by atoms with Gasteiger partial charge < -0.3 is 15.8 Å². The molecule has 0 radical (unpaired) electrons. The van der Waals surface area contributed by atoms with Crippen molar-refractivity contribution in [2.24, 2.45) is 17.6 Å². The van der Waals surface area contributed by atoms with Crippen LogP contribution in [0.25, 0.3) is 0 Å². The van der Waals surface area contributed by atoms with Crippen LogP contribution < -0.4 is 11.1 Å². The Morgan fingerprint density at radius 3 is 2.65 bits per heavy atom. The molecular formula is C13H26N2O2. The van der Waals surface area contributed by atoms with E-state index in [4.69, 9.17) is 10.5 Å². The fraction of sp³-hybridized carbons (Fsp3) is 0.923. The van der Waals surface area contributed by atoms with Crippen molar-refractivity contribution >= 4 is 5.91 Å². The van der Waals surface area contributed by atoms with Gasteiger partial charge in [0.2, 0.25) is 0 Å². The summed E-state index contributed by atoms with van der Waals surface area (Å²) in [6.07, 6.45) is 4.29. The highest BCUT2D eigenvalue weighted by Crippen LogP contribution is 2.30.